The number of hydrogen-bond acceptors (Lipinski definition) is 6. The van der Waals surface area contributed by atoms with Gasteiger partial charge in [-0.25, -0.2) is 4.98 Å². The van der Waals surface area contributed by atoms with Gasteiger partial charge in [0.25, 0.3) is 5.69 Å². The van der Waals surface area contributed by atoms with Gasteiger partial charge in [0.2, 0.25) is 0 Å². The molecule has 1 aromatic heterocycles. The quantitative estimate of drug-likeness (QED) is 0.391. The highest BCUT2D eigenvalue weighted by atomic mass is 32.1. The van der Waals surface area contributed by atoms with E-state index in [1.54, 1.807) is 18.2 Å². The molecule has 128 valence electrons. The summed E-state index contributed by atoms with van der Waals surface area (Å²) in [6.45, 7) is 2.02. The van der Waals surface area contributed by atoms with Crippen LogP contribution in [0.3, 0.4) is 0 Å². The molecule has 0 aliphatic rings. The number of thiazole rings is 1. The monoisotopic (exact) mass is 362 g/mol. The Balaban J connectivity index is 1.86. The van der Waals surface area contributed by atoms with Gasteiger partial charge in [0.05, 0.1) is 10.6 Å². The highest BCUT2D eigenvalue weighted by molar-refractivity contribution is 7.11. The summed E-state index contributed by atoms with van der Waals surface area (Å²) in [6, 6.07) is 16.3. The van der Waals surface area contributed by atoms with E-state index in [9.17, 15) is 15.4 Å². The highest BCUT2D eigenvalue weighted by Gasteiger charge is 2.13. The molecule has 0 saturated carbocycles. The topological polar surface area (TPSA) is 91.8 Å². The van der Waals surface area contributed by atoms with E-state index >= 15 is 0 Å². The summed E-state index contributed by atoms with van der Waals surface area (Å²) in [5, 5.41) is 25.8. The third-order valence-corrected chi connectivity index (χ3v) is 4.55. The molecule has 7 heteroatoms. The van der Waals surface area contributed by atoms with E-state index < -0.39 is 4.92 Å². The number of nitrogens with zero attached hydrogens (tertiary/aromatic N) is 3. The van der Waals surface area contributed by atoms with Crippen LogP contribution in [0.5, 0.6) is 0 Å². The Morgan fingerprint density at radius 3 is 2.69 bits per heavy atom. The fourth-order valence-corrected chi connectivity index (χ4v) is 3.10. The summed E-state index contributed by atoms with van der Waals surface area (Å²) < 4.78 is 0. The van der Waals surface area contributed by atoms with Gasteiger partial charge in [-0.1, -0.05) is 42.0 Å². The predicted molar refractivity (Wildman–Crippen MR) is 103 cm³/mol. The molecule has 0 unspecified atom stereocenters. The van der Waals surface area contributed by atoms with E-state index in [2.05, 4.69) is 16.4 Å². The van der Waals surface area contributed by atoms with E-state index in [4.69, 9.17) is 0 Å². The second-order valence-corrected chi connectivity index (χ2v) is 6.35. The van der Waals surface area contributed by atoms with Crippen LogP contribution in [0.2, 0.25) is 0 Å². The van der Waals surface area contributed by atoms with Crippen LogP contribution in [0, 0.1) is 28.4 Å². The molecule has 1 N–H and O–H groups in total. The lowest BCUT2D eigenvalue weighted by molar-refractivity contribution is -0.383. The maximum atomic E-state index is 11.1. The summed E-state index contributed by atoms with van der Waals surface area (Å²) in [5.74, 6) is 0. The molecule has 6 nitrogen and oxygen atoms in total. The van der Waals surface area contributed by atoms with Gasteiger partial charge in [-0.05, 0) is 13.0 Å². The van der Waals surface area contributed by atoms with Gasteiger partial charge in [0.15, 0.2) is 0 Å². The molecule has 0 saturated heterocycles. The molecule has 0 aliphatic heterocycles. The SMILES string of the molecule is Cc1ccc(-c2csc(/C(C#N)=C\Nc3ccccc3[N+](=O)[O-])n2)cc1. The van der Waals surface area contributed by atoms with Crippen LogP contribution in [0.4, 0.5) is 11.4 Å². The number of para-hydroxylation sites is 2. The Morgan fingerprint density at radius 2 is 2.00 bits per heavy atom. The molecule has 0 aliphatic carbocycles. The molecular weight excluding hydrogens is 348 g/mol. The van der Waals surface area contributed by atoms with Gasteiger partial charge in [0.1, 0.15) is 22.3 Å². The number of hydrogen-bond donors (Lipinski definition) is 1. The van der Waals surface area contributed by atoms with Crippen molar-refractivity contribution in [2.24, 2.45) is 0 Å². The molecule has 1 heterocycles. The third kappa shape index (κ3) is 3.77. The first-order chi connectivity index (χ1) is 12.6. The Labute approximate surface area is 154 Å². The van der Waals surface area contributed by atoms with E-state index in [0.717, 1.165) is 16.8 Å². The lowest BCUT2D eigenvalue weighted by atomic mass is 10.1. The van der Waals surface area contributed by atoms with Crippen molar-refractivity contribution in [1.82, 2.24) is 4.98 Å². The molecular formula is C19H14N4O2S. The maximum absolute atomic E-state index is 11.1. The van der Waals surface area contributed by atoms with Gasteiger partial charge in [-0.15, -0.1) is 11.3 Å². The normalized spacial score (nSPS) is 11.0. The first-order valence-corrected chi connectivity index (χ1v) is 8.59. The average Bonchev–Trinajstić information content (AvgIpc) is 3.13. The van der Waals surface area contributed by atoms with E-state index in [-0.39, 0.29) is 5.69 Å². The number of rotatable bonds is 5. The van der Waals surface area contributed by atoms with Gasteiger partial charge < -0.3 is 5.32 Å². The number of allylic oxidation sites excluding steroid dienone is 1. The van der Waals surface area contributed by atoms with Crippen molar-refractivity contribution in [2.75, 3.05) is 5.32 Å². The lowest BCUT2D eigenvalue weighted by Gasteiger charge is -2.02. The number of anilines is 1. The molecule has 0 amide bonds. The average molecular weight is 362 g/mol. The molecule has 0 bridgehead atoms. The van der Waals surface area contributed by atoms with Crippen molar-refractivity contribution < 1.29 is 4.92 Å². The first-order valence-electron chi connectivity index (χ1n) is 7.71. The van der Waals surface area contributed by atoms with Crippen LogP contribution in [-0.2, 0) is 0 Å². The standard InChI is InChI=1S/C19H14N4O2S/c1-13-6-8-14(9-7-13)17-12-26-19(22-17)15(10-20)11-21-16-4-2-3-5-18(16)23(24)25/h2-9,11-12,21H,1H3/b15-11-. The second-order valence-electron chi connectivity index (χ2n) is 5.49. The summed E-state index contributed by atoms with van der Waals surface area (Å²) >= 11 is 1.35. The van der Waals surface area contributed by atoms with Crippen LogP contribution < -0.4 is 5.32 Å². The summed E-state index contributed by atoms with van der Waals surface area (Å²) in [5.41, 5.74) is 3.50. The lowest BCUT2D eigenvalue weighted by Crippen LogP contribution is -1.96. The number of nitriles is 1. The zero-order chi connectivity index (χ0) is 18.5. The van der Waals surface area contributed by atoms with Gasteiger partial charge in [-0.3, -0.25) is 10.1 Å². The van der Waals surface area contributed by atoms with Crippen molar-refractivity contribution in [3.8, 4) is 17.3 Å². The number of nitrogens with one attached hydrogen (secondary N) is 1. The molecule has 0 spiro atoms. The Hall–Kier alpha value is -3.50. The van der Waals surface area contributed by atoms with Gasteiger partial charge in [-0.2, -0.15) is 5.26 Å². The molecule has 0 radical (unpaired) electrons. The summed E-state index contributed by atoms with van der Waals surface area (Å²) in [4.78, 5) is 15.1. The van der Waals surface area contributed by atoms with Crippen molar-refractivity contribution in [2.45, 2.75) is 6.92 Å². The highest BCUT2D eigenvalue weighted by Crippen LogP contribution is 2.27. The zero-order valence-electron chi connectivity index (χ0n) is 13.8. The second kappa shape index (κ2) is 7.59. The smallest absolute Gasteiger partial charge is 0.292 e. The van der Waals surface area contributed by atoms with Crippen molar-refractivity contribution >= 4 is 28.3 Å². The van der Waals surface area contributed by atoms with E-state index in [1.165, 1.54) is 23.6 Å². The zero-order valence-corrected chi connectivity index (χ0v) is 14.7. The van der Waals surface area contributed by atoms with Crippen LogP contribution in [0.25, 0.3) is 16.8 Å². The Morgan fingerprint density at radius 1 is 1.27 bits per heavy atom. The molecule has 3 rings (SSSR count). The minimum Gasteiger partial charge on any atom is -0.355 e. The third-order valence-electron chi connectivity index (χ3n) is 3.68. The fourth-order valence-electron chi connectivity index (χ4n) is 2.30. The minimum absolute atomic E-state index is 0.0551. The fraction of sp³-hybridized carbons (Fsp3) is 0.0526. The van der Waals surface area contributed by atoms with Crippen LogP contribution in [0.15, 0.2) is 60.1 Å². The minimum atomic E-state index is -0.471. The largest absolute Gasteiger partial charge is 0.355 e. The van der Waals surface area contributed by atoms with Gasteiger partial charge >= 0.3 is 0 Å². The molecule has 26 heavy (non-hydrogen) atoms. The number of aromatic nitrogens is 1. The first kappa shape index (κ1) is 17.3. The van der Waals surface area contributed by atoms with Crippen LogP contribution >= 0.6 is 11.3 Å². The van der Waals surface area contributed by atoms with Crippen LogP contribution in [-0.4, -0.2) is 9.91 Å². The van der Waals surface area contributed by atoms with E-state index in [0.29, 0.717) is 16.3 Å². The number of benzene rings is 2. The summed E-state index contributed by atoms with van der Waals surface area (Å²) in [7, 11) is 0. The molecule has 3 aromatic rings. The molecule has 0 fully saturated rings. The maximum Gasteiger partial charge on any atom is 0.292 e. The Bertz CT molecular complexity index is 1020. The van der Waals surface area contributed by atoms with Crippen molar-refractivity contribution in [1.29, 1.82) is 5.26 Å². The van der Waals surface area contributed by atoms with Crippen LogP contribution in [0.1, 0.15) is 10.6 Å². The van der Waals surface area contributed by atoms with Crippen molar-refractivity contribution in [3.05, 3.63) is 80.8 Å². The Kier molecular flexibility index (Phi) is 5.06. The molecule has 0 atom stereocenters. The number of nitro groups is 1. The molecule has 2 aromatic carbocycles. The number of aryl methyl sites for hydroxylation is 1. The van der Waals surface area contributed by atoms with Gasteiger partial charge in [0, 0.05) is 23.2 Å². The van der Waals surface area contributed by atoms with Crippen molar-refractivity contribution in [3.63, 3.8) is 0 Å². The predicted octanol–water partition coefficient (Wildman–Crippen LogP) is 5.00. The summed E-state index contributed by atoms with van der Waals surface area (Å²) in [6.07, 6.45) is 1.44. The number of nitro benzene ring substituents is 1. The van der Waals surface area contributed by atoms with E-state index in [1.807, 2.05) is 36.6 Å².